The van der Waals surface area contributed by atoms with E-state index in [-0.39, 0.29) is 7.47 Å². The lowest BCUT2D eigenvalue weighted by atomic mass is 10.1. The Morgan fingerprint density at radius 1 is 1.16 bits per heavy atom. The molecule has 0 aliphatic carbocycles. The molecular formula is C18H22ClF3N2O. The van der Waals surface area contributed by atoms with Crippen molar-refractivity contribution in [3.8, 4) is 5.75 Å². The van der Waals surface area contributed by atoms with Crippen molar-refractivity contribution in [2.24, 2.45) is 5.73 Å². The molecule has 0 unspecified atom stereocenters. The van der Waals surface area contributed by atoms with Crippen molar-refractivity contribution in [2.75, 3.05) is 13.2 Å². The summed E-state index contributed by atoms with van der Waals surface area (Å²) in [4.78, 5) is 0. The third kappa shape index (κ3) is 6.94. The minimum absolute atomic E-state index is 0. The summed E-state index contributed by atoms with van der Waals surface area (Å²) in [6, 6.07) is 12.1. The standard InChI is InChI=1S/C18H20ClF3N2O.H2/c19-15-5-2-6-17(10-15)25-12-16(23)7-8-24-11-13-3-1-4-14(9-13)18(20,21)22;/h1-6,9-10,16,24H,7-8,11-12,23H2;1H/t16-;/m1./s1. The number of nitrogens with one attached hydrogen (secondary N) is 1. The van der Waals surface area contributed by atoms with E-state index in [1.165, 1.54) is 6.07 Å². The number of hydrogen-bond acceptors (Lipinski definition) is 3. The van der Waals surface area contributed by atoms with Crippen LogP contribution in [0.3, 0.4) is 0 Å². The SMILES string of the molecule is N[C@H](CCNCc1cccc(C(F)(F)F)c1)COc1cccc(Cl)c1.[HH]. The first kappa shape index (κ1) is 19.6. The predicted molar refractivity (Wildman–Crippen MR) is 94.8 cm³/mol. The fraction of sp³-hybridized carbons (Fsp3) is 0.333. The number of hydrogen-bond donors (Lipinski definition) is 2. The van der Waals surface area contributed by atoms with Crippen molar-refractivity contribution in [3.63, 3.8) is 0 Å². The van der Waals surface area contributed by atoms with Crippen molar-refractivity contribution in [1.82, 2.24) is 5.32 Å². The molecule has 0 radical (unpaired) electrons. The molecule has 0 aromatic heterocycles. The van der Waals surface area contributed by atoms with E-state index in [0.29, 0.717) is 42.5 Å². The lowest BCUT2D eigenvalue weighted by Gasteiger charge is -2.14. The summed E-state index contributed by atoms with van der Waals surface area (Å²) in [7, 11) is 0. The number of alkyl halides is 3. The Kier molecular flexibility index (Phi) is 7.11. The molecule has 25 heavy (non-hydrogen) atoms. The molecule has 2 aromatic rings. The van der Waals surface area contributed by atoms with E-state index in [4.69, 9.17) is 22.1 Å². The topological polar surface area (TPSA) is 47.3 Å². The molecule has 138 valence electrons. The second kappa shape index (κ2) is 9.08. The van der Waals surface area contributed by atoms with Crippen molar-refractivity contribution in [1.29, 1.82) is 0 Å². The van der Waals surface area contributed by atoms with Crippen LogP contribution in [-0.2, 0) is 12.7 Å². The number of ether oxygens (including phenoxy) is 1. The van der Waals surface area contributed by atoms with Gasteiger partial charge >= 0.3 is 6.18 Å². The van der Waals surface area contributed by atoms with Gasteiger partial charge in [0.25, 0.3) is 0 Å². The molecular weight excluding hydrogens is 353 g/mol. The fourth-order valence-electron chi connectivity index (χ4n) is 2.22. The Labute approximate surface area is 151 Å². The second-order valence-electron chi connectivity index (χ2n) is 5.69. The quantitative estimate of drug-likeness (QED) is 0.669. The van der Waals surface area contributed by atoms with Crippen LogP contribution in [0.1, 0.15) is 19.0 Å². The summed E-state index contributed by atoms with van der Waals surface area (Å²) >= 11 is 5.87. The van der Waals surface area contributed by atoms with Gasteiger partial charge in [0.05, 0.1) is 5.56 Å². The van der Waals surface area contributed by atoms with Crippen LogP contribution in [0.15, 0.2) is 48.5 Å². The van der Waals surface area contributed by atoms with Crippen LogP contribution in [0.2, 0.25) is 5.02 Å². The van der Waals surface area contributed by atoms with Gasteiger partial charge in [-0.1, -0.05) is 35.9 Å². The molecule has 2 aromatic carbocycles. The van der Waals surface area contributed by atoms with Crippen molar-refractivity contribution < 1.29 is 19.3 Å². The van der Waals surface area contributed by atoms with Gasteiger partial charge in [0.1, 0.15) is 12.4 Å². The van der Waals surface area contributed by atoms with Crippen LogP contribution >= 0.6 is 11.6 Å². The molecule has 7 heteroatoms. The third-order valence-corrected chi connectivity index (χ3v) is 3.77. The van der Waals surface area contributed by atoms with Gasteiger partial charge in [0, 0.05) is 19.0 Å². The average Bonchev–Trinajstić information content (AvgIpc) is 2.56. The van der Waals surface area contributed by atoms with Crippen LogP contribution in [0.25, 0.3) is 0 Å². The van der Waals surface area contributed by atoms with Crippen LogP contribution < -0.4 is 15.8 Å². The van der Waals surface area contributed by atoms with Gasteiger partial charge in [-0.2, -0.15) is 13.2 Å². The Morgan fingerprint density at radius 3 is 2.64 bits per heavy atom. The highest BCUT2D eigenvalue weighted by Crippen LogP contribution is 2.29. The van der Waals surface area contributed by atoms with Gasteiger partial charge in [-0.3, -0.25) is 0 Å². The summed E-state index contributed by atoms with van der Waals surface area (Å²) in [6.07, 6.45) is -3.68. The molecule has 0 heterocycles. The number of nitrogens with two attached hydrogens (primary N) is 1. The summed E-state index contributed by atoms with van der Waals surface area (Å²) in [5.41, 5.74) is 5.92. The highest BCUT2D eigenvalue weighted by molar-refractivity contribution is 6.30. The zero-order chi connectivity index (χ0) is 18.3. The van der Waals surface area contributed by atoms with Crippen molar-refractivity contribution in [2.45, 2.75) is 25.2 Å². The molecule has 0 aliphatic heterocycles. The molecule has 0 fully saturated rings. The molecule has 0 saturated heterocycles. The first-order chi connectivity index (χ1) is 11.8. The molecule has 0 saturated carbocycles. The zero-order valence-electron chi connectivity index (χ0n) is 13.5. The molecule has 3 N–H and O–H groups in total. The average molecular weight is 375 g/mol. The van der Waals surface area contributed by atoms with E-state index in [1.54, 1.807) is 30.3 Å². The number of halogens is 4. The van der Waals surface area contributed by atoms with Crippen LogP contribution in [0.4, 0.5) is 13.2 Å². The molecule has 2 rings (SSSR count). The van der Waals surface area contributed by atoms with Crippen molar-refractivity contribution >= 4 is 11.6 Å². The Bertz CT molecular complexity index is 685. The Hall–Kier alpha value is -1.76. The summed E-state index contributed by atoms with van der Waals surface area (Å²) in [5.74, 6) is 0.653. The monoisotopic (exact) mass is 374 g/mol. The minimum atomic E-state index is -4.32. The van der Waals surface area contributed by atoms with Gasteiger partial charge in [0.15, 0.2) is 0 Å². The van der Waals surface area contributed by atoms with E-state index >= 15 is 0 Å². The van der Waals surface area contributed by atoms with Gasteiger partial charge in [-0.05, 0) is 42.8 Å². The molecule has 0 amide bonds. The van der Waals surface area contributed by atoms with Gasteiger partial charge in [0.2, 0.25) is 0 Å². The lowest BCUT2D eigenvalue weighted by molar-refractivity contribution is -0.137. The predicted octanol–water partition coefficient (Wildman–Crippen LogP) is 4.49. The molecule has 3 nitrogen and oxygen atoms in total. The zero-order valence-corrected chi connectivity index (χ0v) is 14.3. The Balaban J connectivity index is 0.00000338. The smallest absolute Gasteiger partial charge is 0.416 e. The van der Waals surface area contributed by atoms with Crippen LogP contribution in [0.5, 0.6) is 5.75 Å². The minimum Gasteiger partial charge on any atom is -0.492 e. The molecule has 0 bridgehead atoms. The van der Waals surface area contributed by atoms with E-state index in [1.807, 2.05) is 0 Å². The van der Waals surface area contributed by atoms with Gasteiger partial charge < -0.3 is 15.8 Å². The normalized spacial score (nSPS) is 12.8. The van der Waals surface area contributed by atoms with Crippen LogP contribution in [-0.4, -0.2) is 19.2 Å². The van der Waals surface area contributed by atoms with Crippen molar-refractivity contribution in [3.05, 3.63) is 64.7 Å². The molecule has 0 spiro atoms. The first-order valence-corrected chi connectivity index (χ1v) is 8.23. The third-order valence-electron chi connectivity index (χ3n) is 3.54. The molecule has 0 aliphatic rings. The summed E-state index contributed by atoms with van der Waals surface area (Å²) in [5, 5.41) is 3.69. The largest absolute Gasteiger partial charge is 0.492 e. The van der Waals surface area contributed by atoms with E-state index in [2.05, 4.69) is 5.32 Å². The summed E-state index contributed by atoms with van der Waals surface area (Å²) in [6.45, 7) is 1.27. The first-order valence-electron chi connectivity index (χ1n) is 7.85. The van der Waals surface area contributed by atoms with E-state index < -0.39 is 11.7 Å². The maximum Gasteiger partial charge on any atom is 0.416 e. The maximum absolute atomic E-state index is 12.7. The van der Waals surface area contributed by atoms with E-state index in [9.17, 15) is 13.2 Å². The second-order valence-corrected chi connectivity index (χ2v) is 6.13. The van der Waals surface area contributed by atoms with Gasteiger partial charge in [-0.15, -0.1) is 0 Å². The highest BCUT2D eigenvalue weighted by Gasteiger charge is 2.30. The van der Waals surface area contributed by atoms with E-state index in [0.717, 1.165) is 12.1 Å². The van der Waals surface area contributed by atoms with Gasteiger partial charge in [-0.25, -0.2) is 0 Å². The Morgan fingerprint density at radius 2 is 1.92 bits per heavy atom. The number of benzene rings is 2. The molecule has 1 atom stereocenters. The number of rotatable bonds is 8. The summed E-state index contributed by atoms with van der Waals surface area (Å²) < 4.78 is 43.5. The fourth-order valence-corrected chi connectivity index (χ4v) is 2.40. The maximum atomic E-state index is 12.7. The highest BCUT2D eigenvalue weighted by atomic mass is 35.5. The van der Waals surface area contributed by atoms with Crippen LogP contribution in [0, 0.1) is 0 Å². The lowest BCUT2D eigenvalue weighted by Crippen LogP contribution is -2.31.